The summed E-state index contributed by atoms with van der Waals surface area (Å²) in [6.45, 7) is 4.43. The van der Waals surface area contributed by atoms with Crippen molar-refractivity contribution in [2.75, 3.05) is 22.8 Å². The van der Waals surface area contributed by atoms with Crippen LogP contribution in [0, 0.1) is 6.92 Å². The van der Waals surface area contributed by atoms with E-state index in [-0.39, 0.29) is 17.4 Å². The molecule has 0 fully saturated rings. The number of rotatable bonds is 5. The van der Waals surface area contributed by atoms with Crippen LogP contribution in [0.15, 0.2) is 47.4 Å². The normalized spacial score (nSPS) is 14.0. The smallest absolute Gasteiger partial charge is 0.265 e. The number of sulfonamides is 1. The molecule has 2 aromatic carbocycles. The largest absolute Gasteiger partial charge is 0.482 e. The Morgan fingerprint density at radius 3 is 2.56 bits per heavy atom. The van der Waals surface area contributed by atoms with Crippen LogP contribution in [0.1, 0.15) is 18.9 Å². The average molecular weight is 360 g/mol. The zero-order valence-electron chi connectivity index (χ0n) is 14.2. The van der Waals surface area contributed by atoms with E-state index in [2.05, 4.69) is 4.72 Å². The molecule has 1 N–H and O–H groups in total. The molecule has 0 atom stereocenters. The van der Waals surface area contributed by atoms with Gasteiger partial charge in [-0.2, -0.15) is 0 Å². The number of hydrogen-bond donors (Lipinski definition) is 1. The summed E-state index contributed by atoms with van der Waals surface area (Å²) in [5.41, 5.74) is 1.96. The summed E-state index contributed by atoms with van der Waals surface area (Å²) in [6.07, 6.45) is 0.796. The van der Waals surface area contributed by atoms with Gasteiger partial charge in [0, 0.05) is 6.54 Å². The lowest BCUT2D eigenvalue weighted by Gasteiger charge is -2.29. The Balaban J connectivity index is 1.91. The second kappa shape index (κ2) is 6.76. The third-order valence-electron chi connectivity index (χ3n) is 3.93. The molecule has 6 nitrogen and oxygen atoms in total. The first-order valence-corrected chi connectivity index (χ1v) is 9.56. The molecule has 0 spiro atoms. The topological polar surface area (TPSA) is 75.7 Å². The predicted octanol–water partition coefficient (Wildman–Crippen LogP) is 2.93. The zero-order valence-corrected chi connectivity index (χ0v) is 15.0. The molecule has 0 saturated carbocycles. The van der Waals surface area contributed by atoms with Crippen molar-refractivity contribution >= 4 is 27.3 Å². The van der Waals surface area contributed by atoms with Gasteiger partial charge in [-0.25, -0.2) is 8.42 Å². The van der Waals surface area contributed by atoms with E-state index >= 15 is 0 Å². The van der Waals surface area contributed by atoms with E-state index in [4.69, 9.17) is 4.74 Å². The number of ether oxygens (including phenoxy) is 1. The lowest BCUT2D eigenvalue weighted by Crippen LogP contribution is -2.39. The third-order valence-corrected chi connectivity index (χ3v) is 5.33. The molecule has 3 rings (SSSR count). The Kier molecular flexibility index (Phi) is 4.67. The van der Waals surface area contributed by atoms with Gasteiger partial charge in [-0.1, -0.05) is 24.6 Å². The maximum atomic E-state index is 12.5. The van der Waals surface area contributed by atoms with Gasteiger partial charge in [0.2, 0.25) is 0 Å². The quantitative estimate of drug-likeness (QED) is 0.889. The number of amides is 1. The van der Waals surface area contributed by atoms with Crippen molar-refractivity contribution in [2.45, 2.75) is 25.2 Å². The van der Waals surface area contributed by atoms with Crippen molar-refractivity contribution in [3.63, 3.8) is 0 Å². The second-order valence-electron chi connectivity index (χ2n) is 5.94. The van der Waals surface area contributed by atoms with Crippen LogP contribution in [0.5, 0.6) is 5.75 Å². The first-order chi connectivity index (χ1) is 11.9. The van der Waals surface area contributed by atoms with Crippen molar-refractivity contribution < 1.29 is 17.9 Å². The second-order valence-corrected chi connectivity index (χ2v) is 7.62. The van der Waals surface area contributed by atoms with Crippen LogP contribution >= 0.6 is 0 Å². The standard InChI is InChI=1S/C18H20N2O4S/c1-3-10-20-16-11-14(6-9-17(16)24-12-18(20)21)19-25(22,23)15-7-4-13(2)5-8-15/h4-9,11,19H,3,10,12H2,1-2H3. The zero-order chi connectivity index (χ0) is 18.0. The Morgan fingerprint density at radius 1 is 1.16 bits per heavy atom. The highest BCUT2D eigenvalue weighted by atomic mass is 32.2. The van der Waals surface area contributed by atoms with E-state index in [0.29, 0.717) is 23.7 Å². The maximum Gasteiger partial charge on any atom is 0.265 e. The van der Waals surface area contributed by atoms with E-state index in [1.807, 2.05) is 13.8 Å². The molecular formula is C18H20N2O4S. The molecule has 1 amide bonds. The summed E-state index contributed by atoms with van der Waals surface area (Å²) >= 11 is 0. The van der Waals surface area contributed by atoms with Crippen molar-refractivity contribution in [3.8, 4) is 5.75 Å². The van der Waals surface area contributed by atoms with E-state index in [0.717, 1.165) is 12.0 Å². The first-order valence-electron chi connectivity index (χ1n) is 8.07. The molecule has 0 radical (unpaired) electrons. The van der Waals surface area contributed by atoms with Gasteiger partial charge in [-0.05, 0) is 43.7 Å². The van der Waals surface area contributed by atoms with Gasteiger partial charge in [0.25, 0.3) is 15.9 Å². The average Bonchev–Trinajstić information content (AvgIpc) is 2.58. The maximum absolute atomic E-state index is 12.5. The molecule has 2 aromatic rings. The van der Waals surface area contributed by atoms with E-state index in [9.17, 15) is 13.2 Å². The number of nitrogens with zero attached hydrogens (tertiary/aromatic N) is 1. The van der Waals surface area contributed by atoms with Crippen molar-refractivity contribution in [1.29, 1.82) is 0 Å². The van der Waals surface area contributed by atoms with Crippen LogP contribution in [0.3, 0.4) is 0 Å². The van der Waals surface area contributed by atoms with E-state index < -0.39 is 10.0 Å². The van der Waals surface area contributed by atoms with Gasteiger partial charge in [0.1, 0.15) is 5.75 Å². The predicted molar refractivity (Wildman–Crippen MR) is 96.6 cm³/mol. The molecule has 1 aliphatic heterocycles. The molecule has 0 unspecified atom stereocenters. The van der Waals surface area contributed by atoms with Gasteiger partial charge in [0.15, 0.2) is 6.61 Å². The summed E-state index contributed by atoms with van der Waals surface area (Å²) in [7, 11) is -3.69. The highest BCUT2D eigenvalue weighted by Crippen LogP contribution is 2.35. The van der Waals surface area contributed by atoms with Crippen molar-refractivity contribution in [1.82, 2.24) is 0 Å². The molecule has 25 heavy (non-hydrogen) atoms. The third kappa shape index (κ3) is 3.61. The highest BCUT2D eigenvalue weighted by molar-refractivity contribution is 7.92. The number of hydrogen-bond acceptors (Lipinski definition) is 4. The molecule has 0 bridgehead atoms. The summed E-state index contributed by atoms with van der Waals surface area (Å²) < 4.78 is 33.0. The van der Waals surface area contributed by atoms with Gasteiger partial charge in [-0.15, -0.1) is 0 Å². The molecule has 132 valence electrons. The summed E-state index contributed by atoms with van der Waals surface area (Å²) in [6, 6.07) is 11.6. The van der Waals surface area contributed by atoms with Crippen molar-refractivity contribution in [3.05, 3.63) is 48.0 Å². The monoisotopic (exact) mass is 360 g/mol. The first kappa shape index (κ1) is 17.3. The van der Waals surface area contributed by atoms with Crippen LogP contribution in [0.25, 0.3) is 0 Å². The van der Waals surface area contributed by atoms with Crippen LogP contribution in [-0.4, -0.2) is 27.5 Å². The lowest BCUT2D eigenvalue weighted by molar-refractivity contribution is -0.121. The minimum absolute atomic E-state index is 0.00143. The summed E-state index contributed by atoms with van der Waals surface area (Å²) in [5, 5.41) is 0. The number of anilines is 2. The molecule has 0 saturated heterocycles. The molecule has 1 aliphatic rings. The van der Waals surface area contributed by atoms with Gasteiger partial charge in [-0.3, -0.25) is 9.52 Å². The number of aryl methyl sites for hydroxylation is 1. The lowest BCUT2D eigenvalue weighted by atomic mass is 10.2. The fourth-order valence-corrected chi connectivity index (χ4v) is 3.72. The Labute approximate surface area is 147 Å². The number of nitrogens with one attached hydrogen (secondary N) is 1. The Morgan fingerprint density at radius 2 is 1.88 bits per heavy atom. The van der Waals surface area contributed by atoms with Gasteiger partial charge in [0.05, 0.1) is 16.3 Å². The van der Waals surface area contributed by atoms with Crippen LogP contribution < -0.4 is 14.4 Å². The number of carbonyl (C=O) groups excluding carboxylic acids is 1. The Bertz CT molecular complexity index is 892. The van der Waals surface area contributed by atoms with Crippen LogP contribution in [0.2, 0.25) is 0 Å². The number of benzene rings is 2. The summed E-state index contributed by atoms with van der Waals surface area (Å²) in [5.74, 6) is 0.444. The van der Waals surface area contributed by atoms with Crippen molar-refractivity contribution in [2.24, 2.45) is 0 Å². The minimum atomic E-state index is -3.69. The van der Waals surface area contributed by atoms with Crippen LogP contribution in [0.4, 0.5) is 11.4 Å². The minimum Gasteiger partial charge on any atom is -0.482 e. The summed E-state index contributed by atoms with van der Waals surface area (Å²) in [4.78, 5) is 13.9. The van der Waals surface area contributed by atoms with Crippen LogP contribution in [-0.2, 0) is 14.8 Å². The van der Waals surface area contributed by atoms with E-state index in [1.54, 1.807) is 47.4 Å². The molecule has 0 aliphatic carbocycles. The van der Waals surface area contributed by atoms with Gasteiger partial charge < -0.3 is 9.64 Å². The molecule has 7 heteroatoms. The SMILES string of the molecule is CCCN1C(=O)COc2ccc(NS(=O)(=O)c3ccc(C)cc3)cc21. The fourth-order valence-electron chi connectivity index (χ4n) is 2.67. The molecule has 0 aromatic heterocycles. The Hall–Kier alpha value is -2.54. The fraction of sp³-hybridized carbons (Fsp3) is 0.278. The molecular weight excluding hydrogens is 340 g/mol. The van der Waals surface area contributed by atoms with E-state index in [1.165, 1.54) is 0 Å². The number of fused-ring (bicyclic) bond motifs is 1. The number of carbonyl (C=O) groups is 1. The van der Waals surface area contributed by atoms with Gasteiger partial charge >= 0.3 is 0 Å². The molecule has 1 heterocycles. The highest BCUT2D eigenvalue weighted by Gasteiger charge is 2.25.